The highest BCUT2D eigenvalue weighted by atomic mass is 35.5. The topological polar surface area (TPSA) is 187 Å². The number of halogens is 2. The normalized spacial score (nSPS) is 9.92. The van der Waals surface area contributed by atoms with Crippen molar-refractivity contribution >= 4 is 64.9 Å². The monoisotopic (exact) mass is 534 g/mol. The Balaban J connectivity index is 0.00000324. The molecule has 192 valence electrons. The number of aliphatic hydroxyl groups excluding tert-OH is 1. The second-order valence-electron chi connectivity index (χ2n) is 7.48. The molecule has 10 nitrogen and oxygen atoms in total. The van der Waals surface area contributed by atoms with Gasteiger partial charge in [-0.05, 0) is 53.6 Å². The molecule has 0 heterocycles. The maximum Gasteiger partial charge on any atom is 0.343 e. The van der Waals surface area contributed by atoms with Gasteiger partial charge < -0.3 is 31.9 Å². The molecule has 0 bridgehead atoms. The van der Waals surface area contributed by atoms with Crippen molar-refractivity contribution in [1.82, 2.24) is 5.32 Å². The summed E-state index contributed by atoms with van der Waals surface area (Å²) < 4.78 is 5.66. The molecule has 36 heavy (non-hydrogen) atoms. The van der Waals surface area contributed by atoms with Gasteiger partial charge in [0.25, 0.3) is 0 Å². The van der Waals surface area contributed by atoms with Gasteiger partial charge in [-0.2, -0.15) is 0 Å². The standard InChI is InChI=1S/C24H26N6O4.2ClH/c25-21(32)10-8-19-18-7-3-16(22(26)27)13-15(18)4-9-20(19)34-23(33)14-1-5-17(6-2-14)30-24(28)29-11-12-31;;/h1-7,9,13,31H,8,10-12H2,(H2,25,32)(H3,26,27)(H3,28,29,30);2*1H. The van der Waals surface area contributed by atoms with Gasteiger partial charge in [-0.1, -0.05) is 18.2 Å². The Morgan fingerprint density at radius 1 is 0.944 bits per heavy atom. The number of amidine groups is 1. The highest BCUT2D eigenvalue weighted by Gasteiger charge is 2.16. The zero-order valence-corrected chi connectivity index (χ0v) is 20.8. The Bertz CT molecular complexity index is 1250. The number of rotatable bonds is 9. The molecule has 0 fully saturated rings. The molecule has 12 heteroatoms. The van der Waals surface area contributed by atoms with E-state index < -0.39 is 11.9 Å². The number of hydrogen-bond donors (Lipinski definition) is 7. The average Bonchev–Trinajstić information content (AvgIpc) is 2.81. The summed E-state index contributed by atoms with van der Waals surface area (Å²) in [7, 11) is 0. The van der Waals surface area contributed by atoms with E-state index in [0.29, 0.717) is 28.1 Å². The van der Waals surface area contributed by atoms with Crippen LogP contribution in [-0.4, -0.2) is 41.9 Å². The Labute approximate surface area is 220 Å². The van der Waals surface area contributed by atoms with Crippen LogP contribution in [0.3, 0.4) is 0 Å². The van der Waals surface area contributed by atoms with E-state index in [9.17, 15) is 9.59 Å². The van der Waals surface area contributed by atoms with E-state index >= 15 is 0 Å². The van der Waals surface area contributed by atoms with E-state index in [1.54, 1.807) is 54.6 Å². The number of aliphatic hydroxyl groups is 1. The fourth-order valence-electron chi connectivity index (χ4n) is 3.36. The zero-order valence-electron chi connectivity index (χ0n) is 19.2. The molecule has 0 unspecified atom stereocenters. The maximum atomic E-state index is 12.8. The van der Waals surface area contributed by atoms with E-state index in [1.807, 2.05) is 0 Å². The summed E-state index contributed by atoms with van der Waals surface area (Å²) in [6.45, 7) is 0.152. The van der Waals surface area contributed by atoms with E-state index in [1.165, 1.54) is 0 Å². The number of aryl methyl sites for hydroxylation is 1. The lowest BCUT2D eigenvalue weighted by Gasteiger charge is -2.14. The third kappa shape index (κ3) is 7.84. The van der Waals surface area contributed by atoms with Gasteiger partial charge in [0.15, 0.2) is 5.96 Å². The first-order valence-corrected chi connectivity index (χ1v) is 10.5. The van der Waals surface area contributed by atoms with Gasteiger partial charge in [-0.3, -0.25) is 15.6 Å². The number of anilines is 1. The van der Waals surface area contributed by atoms with Gasteiger partial charge in [0.2, 0.25) is 5.91 Å². The molecular formula is C24H28Cl2N6O4. The number of carbonyl (C=O) groups is 2. The van der Waals surface area contributed by atoms with Gasteiger partial charge in [-0.25, -0.2) is 4.79 Å². The summed E-state index contributed by atoms with van der Waals surface area (Å²) in [5.74, 6) is -0.788. The smallest absolute Gasteiger partial charge is 0.343 e. The van der Waals surface area contributed by atoms with Crippen molar-refractivity contribution in [3.05, 3.63) is 71.3 Å². The van der Waals surface area contributed by atoms with Crippen molar-refractivity contribution in [2.24, 2.45) is 11.5 Å². The predicted molar refractivity (Wildman–Crippen MR) is 145 cm³/mol. The maximum absolute atomic E-state index is 12.8. The molecule has 1 amide bonds. The number of primary amides is 1. The number of nitrogens with two attached hydrogens (primary N) is 2. The molecule has 0 saturated heterocycles. The summed E-state index contributed by atoms with van der Waals surface area (Å²) in [4.78, 5) is 24.2. The molecule has 0 aromatic heterocycles. The van der Waals surface area contributed by atoms with E-state index in [2.05, 4.69) is 10.6 Å². The minimum Gasteiger partial charge on any atom is -0.423 e. The quantitative estimate of drug-likeness (QED) is 0.0949. The van der Waals surface area contributed by atoms with Crippen LogP contribution >= 0.6 is 24.8 Å². The molecule has 0 aliphatic rings. The van der Waals surface area contributed by atoms with Crippen LogP contribution < -0.4 is 26.8 Å². The minimum atomic E-state index is -0.583. The molecule has 3 rings (SSSR count). The van der Waals surface area contributed by atoms with Crippen molar-refractivity contribution in [3.63, 3.8) is 0 Å². The molecule has 0 aliphatic carbocycles. The molecule has 0 aliphatic heterocycles. The third-order valence-electron chi connectivity index (χ3n) is 5.03. The first-order chi connectivity index (χ1) is 16.3. The van der Waals surface area contributed by atoms with Crippen LogP contribution in [0.25, 0.3) is 10.8 Å². The van der Waals surface area contributed by atoms with E-state index in [-0.39, 0.29) is 62.6 Å². The van der Waals surface area contributed by atoms with Crippen molar-refractivity contribution in [1.29, 1.82) is 10.8 Å². The molecule has 0 spiro atoms. The first-order valence-electron chi connectivity index (χ1n) is 10.5. The van der Waals surface area contributed by atoms with Crippen LogP contribution in [0.4, 0.5) is 5.69 Å². The molecule has 9 N–H and O–H groups in total. The lowest BCUT2D eigenvalue weighted by Crippen LogP contribution is -2.31. The lowest BCUT2D eigenvalue weighted by molar-refractivity contribution is -0.117. The highest BCUT2D eigenvalue weighted by Crippen LogP contribution is 2.31. The SMILES string of the molecule is Cl.Cl.N=C(NCCO)Nc1ccc(C(=O)Oc2ccc3cc(C(=N)N)ccc3c2CCC(N)=O)cc1. The van der Waals surface area contributed by atoms with Crippen LogP contribution in [0.15, 0.2) is 54.6 Å². The predicted octanol–water partition coefficient (Wildman–Crippen LogP) is 2.53. The molecule has 0 radical (unpaired) electrons. The summed E-state index contributed by atoms with van der Waals surface area (Å²) in [6.07, 6.45) is 0.356. The van der Waals surface area contributed by atoms with Crippen LogP contribution in [0.2, 0.25) is 0 Å². The Kier molecular flexibility index (Phi) is 11.6. The highest BCUT2D eigenvalue weighted by molar-refractivity contribution is 6.01. The van der Waals surface area contributed by atoms with Crippen molar-refractivity contribution in [2.75, 3.05) is 18.5 Å². The number of carbonyl (C=O) groups excluding carboxylic acids is 2. The zero-order chi connectivity index (χ0) is 24.7. The number of amides is 1. The van der Waals surface area contributed by atoms with Gasteiger partial charge in [0.1, 0.15) is 11.6 Å². The number of ether oxygens (including phenoxy) is 1. The fraction of sp³-hybridized carbons (Fsp3) is 0.167. The molecule has 3 aromatic carbocycles. The number of nitrogens with one attached hydrogen (secondary N) is 4. The Morgan fingerprint density at radius 3 is 2.22 bits per heavy atom. The number of esters is 1. The van der Waals surface area contributed by atoms with Crippen molar-refractivity contribution < 1.29 is 19.4 Å². The van der Waals surface area contributed by atoms with Gasteiger partial charge in [0.05, 0.1) is 12.2 Å². The summed E-state index contributed by atoms with van der Waals surface area (Å²) >= 11 is 0. The Hall–Kier alpha value is -3.86. The summed E-state index contributed by atoms with van der Waals surface area (Å²) in [5, 5.41) is 31.2. The largest absolute Gasteiger partial charge is 0.423 e. The summed E-state index contributed by atoms with van der Waals surface area (Å²) in [6, 6.07) is 15.0. The number of nitrogen functional groups attached to an aromatic ring is 1. The van der Waals surface area contributed by atoms with Gasteiger partial charge in [-0.15, -0.1) is 24.8 Å². The van der Waals surface area contributed by atoms with Gasteiger partial charge >= 0.3 is 5.97 Å². The number of benzene rings is 3. The van der Waals surface area contributed by atoms with Crippen LogP contribution in [-0.2, 0) is 11.2 Å². The van der Waals surface area contributed by atoms with Crippen LogP contribution in [0.5, 0.6) is 5.75 Å². The number of hydrogen-bond acceptors (Lipinski definition) is 6. The second kappa shape index (κ2) is 13.9. The number of guanidine groups is 1. The van der Waals surface area contributed by atoms with E-state index in [0.717, 1.165) is 10.8 Å². The van der Waals surface area contributed by atoms with E-state index in [4.69, 9.17) is 32.1 Å². The first kappa shape index (κ1) is 30.2. The Morgan fingerprint density at radius 2 is 1.61 bits per heavy atom. The lowest BCUT2D eigenvalue weighted by atomic mass is 9.97. The van der Waals surface area contributed by atoms with Crippen molar-refractivity contribution in [3.8, 4) is 5.75 Å². The average molecular weight is 535 g/mol. The van der Waals surface area contributed by atoms with Crippen LogP contribution in [0.1, 0.15) is 27.9 Å². The molecule has 0 saturated carbocycles. The third-order valence-corrected chi connectivity index (χ3v) is 5.03. The van der Waals surface area contributed by atoms with Crippen LogP contribution in [0, 0.1) is 10.8 Å². The molecular weight excluding hydrogens is 507 g/mol. The second-order valence-corrected chi connectivity index (χ2v) is 7.48. The molecule has 3 aromatic rings. The fourth-order valence-corrected chi connectivity index (χ4v) is 3.36. The summed E-state index contributed by atoms with van der Waals surface area (Å²) in [5.41, 5.74) is 13.0. The minimum absolute atomic E-state index is 0. The van der Waals surface area contributed by atoms with Gasteiger partial charge in [0, 0.05) is 29.8 Å². The number of fused-ring (bicyclic) bond motifs is 1. The molecule has 0 atom stereocenters. The van der Waals surface area contributed by atoms with Crippen molar-refractivity contribution in [2.45, 2.75) is 12.8 Å².